The monoisotopic (exact) mass is 166 g/mol. The predicted molar refractivity (Wildman–Crippen MR) is 49.8 cm³/mol. The Morgan fingerprint density at radius 1 is 1.25 bits per heavy atom. The lowest BCUT2D eigenvalue weighted by Gasteiger charge is -2.35. The van der Waals surface area contributed by atoms with Gasteiger partial charge in [-0.25, -0.2) is 0 Å². The molecule has 0 saturated heterocycles. The minimum Gasteiger partial charge on any atom is -0.501 e. The fourth-order valence-electron chi connectivity index (χ4n) is 2.75. The van der Waals surface area contributed by atoms with Gasteiger partial charge in [0.1, 0.15) is 0 Å². The molecule has 0 heterocycles. The van der Waals surface area contributed by atoms with Gasteiger partial charge in [-0.15, -0.1) is 0 Å². The molecule has 0 radical (unpaired) electrons. The summed E-state index contributed by atoms with van der Waals surface area (Å²) >= 11 is 0. The molecule has 2 aliphatic carbocycles. The molecular formula is C11H18O. The van der Waals surface area contributed by atoms with E-state index in [0.29, 0.717) is 0 Å². The molecule has 0 aromatic heterocycles. The molecule has 2 rings (SSSR count). The van der Waals surface area contributed by atoms with Crippen molar-refractivity contribution in [2.75, 3.05) is 7.11 Å². The van der Waals surface area contributed by atoms with Gasteiger partial charge in [-0.3, -0.25) is 0 Å². The van der Waals surface area contributed by atoms with Gasteiger partial charge in [0.25, 0.3) is 0 Å². The molecule has 0 aromatic carbocycles. The third-order valence-corrected chi connectivity index (χ3v) is 3.39. The van der Waals surface area contributed by atoms with Crippen LogP contribution in [0.3, 0.4) is 0 Å². The summed E-state index contributed by atoms with van der Waals surface area (Å²) in [4.78, 5) is 0. The summed E-state index contributed by atoms with van der Waals surface area (Å²) < 4.78 is 5.42. The average Bonchev–Trinajstić information content (AvgIpc) is 2.17. The fraction of sp³-hybridized carbons (Fsp3) is 0.818. The van der Waals surface area contributed by atoms with Crippen LogP contribution in [0, 0.1) is 11.8 Å². The summed E-state index contributed by atoms with van der Waals surface area (Å²) in [6.45, 7) is 0. The Kier molecular flexibility index (Phi) is 2.38. The van der Waals surface area contributed by atoms with Gasteiger partial charge in [-0.1, -0.05) is 12.8 Å². The number of rotatable bonds is 1. The average molecular weight is 166 g/mol. The van der Waals surface area contributed by atoms with E-state index in [1.807, 2.05) is 7.11 Å². The standard InChI is InChI=1S/C11H18O/c1-12-11-8-4-6-9-5-2-3-7-10(9)11/h8-10H,2-7H2,1H3/t9-,10+/m1/s1. The van der Waals surface area contributed by atoms with E-state index >= 15 is 0 Å². The topological polar surface area (TPSA) is 9.23 Å². The fourth-order valence-corrected chi connectivity index (χ4v) is 2.75. The van der Waals surface area contributed by atoms with E-state index < -0.39 is 0 Å². The molecule has 0 amide bonds. The van der Waals surface area contributed by atoms with Crippen LogP contribution in [-0.4, -0.2) is 7.11 Å². The maximum absolute atomic E-state index is 5.42. The van der Waals surface area contributed by atoms with Gasteiger partial charge < -0.3 is 4.74 Å². The van der Waals surface area contributed by atoms with Crippen LogP contribution in [0.25, 0.3) is 0 Å². The molecule has 1 heteroatoms. The maximum Gasteiger partial charge on any atom is 0.0949 e. The van der Waals surface area contributed by atoms with Crippen molar-refractivity contribution in [3.63, 3.8) is 0 Å². The van der Waals surface area contributed by atoms with E-state index in [1.54, 1.807) is 0 Å². The van der Waals surface area contributed by atoms with Gasteiger partial charge in [-0.2, -0.15) is 0 Å². The van der Waals surface area contributed by atoms with Crippen LogP contribution in [0.5, 0.6) is 0 Å². The zero-order valence-electron chi connectivity index (χ0n) is 7.88. The van der Waals surface area contributed by atoms with Crippen molar-refractivity contribution in [3.8, 4) is 0 Å². The Balaban J connectivity index is 2.09. The molecule has 0 aromatic rings. The third-order valence-electron chi connectivity index (χ3n) is 3.39. The van der Waals surface area contributed by atoms with Crippen LogP contribution in [0.15, 0.2) is 11.8 Å². The van der Waals surface area contributed by atoms with Crippen LogP contribution in [0.4, 0.5) is 0 Å². The quantitative estimate of drug-likeness (QED) is 0.581. The van der Waals surface area contributed by atoms with E-state index in [9.17, 15) is 0 Å². The lowest BCUT2D eigenvalue weighted by Crippen LogP contribution is -2.24. The van der Waals surface area contributed by atoms with Crippen molar-refractivity contribution in [1.29, 1.82) is 0 Å². The highest BCUT2D eigenvalue weighted by Crippen LogP contribution is 2.40. The predicted octanol–water partition coefficient (Wildman–Crippen LogP) is 3.12. The molecule has 0 N–H and O–H groups in total. The minimum absolute atomic E-state index is 0.775. The summed E-state index contributed by atoms with van der Waals surface area (Å²) in [5.74, 6) is 3.00. The maximum atomic E-state index is 5.42. The van der Waals surface area contributed by atoms with Crippen molar-refractivity contribution in [3.05, 3.63) is 11.8 Å². The molecule has 1 nitrogen and oxygen atoms in total. The second kappa shape index (κ2) is 3.51. The Bertz CT molecular complexity index is 183. The van der Waals surface area contributed by atoms with Crippen molar-refractivity contribution in [2.24, 2.45) is 11.8 Å². The largest absolute Gasteiger partial charge is 0.501 e. The Morgan fingerprint density at radius 3 is 2.92 bits per heavy atom. The highest BCUT2D eigenvalue weighted by molar-refractivity contribution is 5.06. The summed E-state index contributed by atoms with van der Waals surface area (Å²) in [6, 6.07) is 0. The zero-order chi connectivity index (χ0) is 8.39. The second-order valence-corrected chi connectivity index (χ2v) is 4.04. The number of hydrogen-bond acceptors (Lipinski definition) is 1. The second-order valence-electron chi connectivity index (χ2n) is 4.04. The van der Waals surface area contributed by atoms with E-state index in [-0.39, 0.29) is 0 Å². The molecule has 2 atom stereocenters. The number of hydrogen-bond donors (Lipinski definition) is 0. The Morgan fingerprint density at radius 2 is 2.08 bits per heavy atom. The minimum atomic E-state index is 0.775. The molecular weight excluding hydrogens is 148 g/mol. The zero-order valence-corrected chi connectivity index (χ0v) is 7.88. The SMILES string of the molecule is COC1=CCC[C@H]2CCCC[C@H]12. The highest BCUT2D eigenvalue weighted by Gasteiger charge is 2.30. The van der Waals surface area contributed by atoms with Crippen molar-refractivity contribution < 1.29 is 4.74 Å². The molecule has 2 aliphatic rings. The summed E-state index contributed by atoms with van der Waals surface area (Å²) in [7, 11) is 1.82. The Hall–Kier alpha value is -0.460. The first-order valence-corrected chi connectivity index (χ1v) is 5.16. The summed E-state index contributed by atoms with van der Waals surface area (Å²) in [6.07, 6.45) is 10.6. The molecule has 12 heavy (non-hydrogen) atoms. The number of fused-ring (bicyclic) bond motifs is 1. The molecule has 68 valence electrons. The van der Waals surface area contributed by atoms with Crippen molar-refractivity contribution in [2.45, 2.75) is 38.5 Å². The van der Waals surface area contributed by atoms with Crippen LogP contribution < -0.4 is 0 Å². The first-order chi connectivity index (χ1) is 5.92. The van der Waals surface area contributed by atoms with E-state index in [1.165, 1.54) is 44.3 Å². The lowest BCUT2D eigenvalue weighted by molar-refractivity contribution is 0.147. The molecule has 0 bridgehead atoms. The lowest BCUT2D eigenvalue weighted by atomic mass is 9.73. The van der Waals surface area contributed by atoms with Crippen LogP contribution in [0.2, 0.25) is 0 Å². The van der Waals surface area contributed by atoms with Crippen LogP contribution in [-0.2, 0) is 4.74 Å². The van der Waals surface area contributed by atoms with Gasteiger partial charge in [0.15, 0.2) is 0 Å². The number of methoxy groups -OCH3 is 1. The van der Waals surface area contributed by atoms with Crippen molar-refractivity contribution >= 4 is 0 Å². The van der Waals surface area contributed by atoms with Gasteiger partial charge >= 0.3 is 0 Å². The first kappa shape index (κ1) is 8.15. The molecule has 1 fully saturated rings. The van der Waals surface area contributed by atoms with Gasteiger partial charge in [0.05, 0.1) is 12.9 Å². The summed E-state index contributed by atoms with van der Waals surface area (Å²) in [5.41, 5.74) is 0. The third kappa shape index (κ3) is 1.37. The van der Waals surface area contributed by atoms with Gasteiger partial charge in [0.2, 0.25) is 0 Å². The van der Waals surface area contributed by atoms with Crippen molar-refractivity contribution in [1.82, 2.24) is 0 Å². The van der Waals surface area contributed by atoms with Gasteiger partial charge in [0, 0.05) is 5.92 Å². The molecule has 0 aliphatic heterocycles. The normalized spacial score (nSPS) is 35.2. The molecule has 0 spiro atoms. The molecule has 1 saturated carbocycles. The van der Waals surface area contributed by atoms with Crippen LogP contribution in [0.1, 0.15) is 38.5 Å². The first-order valence-electron chi connectivity index (χ1n) is 5.16. The number of ether oxygens (including phenoxy) is 1. The van der Waals surface area contributed by atoms with Crippen LogP contribution >= 0.6 is 0 Å². The highest BCUT2D eigenvalue weighted by atomic mass is 16.5. The van der Waals surface area contributed by atoms with E-state index in [0.717, 1.165) is 11.8 Å². The smallest absolute Gasteiger partial charge is 0.0949 e. The Labute approximate surface area is 74.8 Å². The number of allylic oxidation sites excluding steroid dienone is 2. The van der Waals surface area contributed by atoms with E-state index in [2.05, 4.69) is 6.08 Å². The van der Waals surface area contributed by atoms with E-state index in [4.69, 9.17) is 4.74 Å². The summed E-state index contributed by atoms with van der Waals surface area (Å²) in [5, 5.41) is 0. The molecule has 0 unspecified atom stereocenters. The van der Waals surface area contributed by atoms with Gasteiger partial charge in [-0.05, 0) is 37.7 Å².